The summed E-state index contributed by atoms with van der Waals surface area (Å²) in [4.78, 5) is 16.1. The Balaban J connectivity index is 1.80. The fourth-order valence-electron chi connectivity index (χ4n) is 2.62. The molecule has 0 saturated heterocycles. The van der Waals surface area contributed by atoms with Crippen LogP contribution in [-0.2, 0) is 0 Å². The van der Waals surface area contributed by atoms with Crippen LogP contribution in [0.5, 0.6) is 0 Å². The zero-order chi connectivity index (χ0) is 16.3. The molecule has 0 saturated carbocycles. The van der Waals surface area contributed by atoms with Crippen LogP contribution in [0, 0.1) is 5.92 Å². The number of anilines is 1. The number of halogens is 1. The molecule has 3 rings (SSSR count). The summed E-state index contributed by atoms with van der Waals surface area (Å²) in [5.41, 5.74) is 1.50. The number of nitrogens with one attached hydrogen (secondary N) is 1. The zero-order valence-corrected chi connectivity index (χ0v) is 13.5. The molecule has 3 nitrogen and oxygen atoms in total. The third-order valence-electron chi connectivity index (χ3n) is 3.79. The van der Waals surface area contributed by atoms with Crippen molar-refractivity contribution >= 4 is 23.2 Å². The first-order valence-corrected chi connectivity index (χ1v) is 7.81. The number of rotatable bonds is 4. The number of ketones is 1. The molecule has 2 atom stereocenters. The molecule has 0 bridgehead atoms. The lowest BCUT2D eigenvalue weighted by Gasteiger charge is -2.30. The van der Waals surface area contributed by atoms with Crippen LogP contribution >= 0.6 is 11.6 Å². The molecule has 1 aliphatic rings. The van der Waals surface area contributed by atoms with Gasteiger partial charge in [-0.25, -0.2) is 4.98 Å². The molecular formula is C19H17ClN2O. The van der Waals surface area contributed by atoms with Gasteiger partial charge < -0.3 is 5.32 Å². The van der Waals surface area contributed by atoms with Crippen molar-refractivity contribution in [3.8, 4) is 0 Å². The maximum absolute atomic E-state index is 12.7. The lowest BCUT2D eigenvalue weighted by atomic mass is 9.82. The lowest BCUT2D eigenvalue weighted by Crippen LogP contribution is -2.34. The highest BCUT2D eigenvalue weighted by molar-refractivity contribution is 6.28. The van der Waals surface area contributed by atoms with Crippen molar-refractivity contribution in [2.75, 3.05) is 5.32 Å². The molecule has 0 fully saturated rings. The standard InChI is InChI=1S/C19H17ClN2O/c1-19(20)13-15(22-17-9-5-6-12-21-17)10-11-16(19)18(23)14-7-3-2-4-8-14/h2-13,16H,1H3,(H,21,22). The Kier molecular flexibility index (Phi) is 4.30. The van der Waals surface area contributed by atoms with E-state index in [2.05, 4.69) is 10.3 Å². The number of alkyl halides is 1. The van der Waals surface area contributed by atoms with Crippen molar-refractivity contribution in [2.45, 2.75) is 11.8 Å². The highest BCUT2D eigenvalue weighted by atomic mass is 35.5. The number of aromatic nitrogens is 1. The van der Waals surface area contributed by atoms with Crippen molar-refractivity contribution in [1.29, 1.82) is 0 Å². The Hall–Kier alpha value is -2.39. The van der Waals surface area contributed by atoms with Gasteiger partial charge in [0.05, 0.1) is 10.8 Å². The van der Waals surface area contributed by atoms with Crippen LogP contribution in [0.1, 0.15) is 17.3 Å². The monoisotopic (exact) mass is 324 g/mol. The predicted molar refractivity (Wildman–Crippen MR) is 93.6 cm³/mol. The SMILES string of the molecule is CC1(Cl)C=C(Nc2ccccn2)C=CC1C(=O)c1ccccc1. The van der Waals surface area contributed by atoms with Crippen molar-refractivity contribution in [3.05, 3.63) is 84.2 Å². The molecular weight excluding hydrogens is 308 g/mol. The van der Waals surface area contributed by atoms with Crippen molar-refractivity contribution in [1.82, 2.24) is 4.98 Å². The van der Waals surface area contributed by atoms with Crippen LogP contribution in [0.25, 0.3) is 0 Å². The van der Waals surface area contributed by atoms with Gasteiger partial charge >= 0.3 is 0 Å². The van der Waals surface area contributed by atoms with Gasteiger partial charge in [-0.15, -0.1) is 11.6 Å². The second kappa shape index (κ2) is 6.39. The molecule has 1 aromatic heterocycles. The second-order valence-corrected chi connectivity index (χ2v) is 6.47. The van der Waals surface area contributed by atoms with E-state index < -0.39 is 10.8 Å². The molecule has 2 aromatic rings. The van der Waals surface area contributed by atoms with Gasteiger partial charge in [-0.3, -0.25) is 4.79 Å². The molecule has 23 heavy (non-hydrogen) atoms. The molecule has 1 aromatic carbocycles. The highest BCUT2D eigenvalue weighted by Gasteiger charge is 2.36. The number of allylic oxidation sites excluding steroid dienone is 3. The van der Waals surface area contributed by atoms with E-state index in [1.54, 1.807) is 6.20 Å². The number of benzene rings is 1. The summed E-state index contributed by atoms with van der Waals surface area (Å²) in [5, 5.41) is 3.20. The van der Waals surface area contributed by atoms with Gasteiger partial charge in [-0.05, 0) is 31.2 Å². The molecule has 0 aliphatic heterocycles. The van der Waals surface area contributed by atoms with Crippen LogP contribution in [0.4, 0.5) is 5.82 Å². The van der Waals surface area contributed by atoms with Crippen LogP contribution in [0.15, 0.2) is 78.7 Å². The van der Waals surface area contributed by atoms with E-state index >= 15 is 0 Å². The Morgan fingerprint density at radius 3 is 2.57 bits per heavy atom. The third kappa shape index (κ3) is 3.51. The van der Waals surface area contributed by atoms with Gasteiger partial charge in [0.15, 0.2) is 5.78 Å². The Morgan fingerprint density at radius 1 is 1.17 bits per heavy atom. The van der Waals surface area contributed by atoms with Gasteiger partial charge in [0, 0.05) is 17.5 Å². The summed E-state index contributed by atoms with van der Waals surface area (Å²) in [6, 6.07) is 14.9. The number of hydrogen-bond donors (Lipinski definition) is 1. The fourth-order valence-corrected chi connectivity index (χ4v) is 2.91. The molecule has 1 N–H and O–H groups in total. The Morgan fingerprint density at radius 2 is 1.91 bits per heavy atom. The number of hydrogen-bond acceptors (Lipinski definition) is 3. The zero-order valence-electron chi connectivity index (χ0n) is 12.7. The smallest absolute Gasteiger partial charge is 0.171 e. The minimum Gasteiger partial charge on any atom is -0.340 e. The van der Waals surface area contributed by atoms with E-state index in [9.17, 15) is 4.79 Å². The molecule has 1 heterocycles. The van der Waals surface area contributed by atoms with Crippen molar-refractivity contribution < 1.29 is 4.79 Å². The summed E-state index contributed by atoms with van der Waals surface area (Å²) in [5.74, 6) is 0.358. The summed E-state index contributed by atoms with van der Waals surface area (Å²) in [6.07, 6.45) is 7.32. The van der Waals surface area contributed by atoms with E-state index in [1.165, 1.54) is 0 Å². The molecule has 0 spiro atoms. The van der Waals surface area contributed by atoms with E-state index in [-0.39, 0.29) is 5.78 Å². The van der Waals surface area contributed by atoms with Gasteiger partial charge in [0.25, 0.3) is 0 Å². The lowest BCUT2D eigenvalue weighted by molar-refractivity contribution is 0.0932. The van der Waals surface area contributed by atoms with Gasteiger partial charge in [0.2, 0.25) is 0 Å². The molecule has 4 heteroatoms. The molecule has 1 aliphatic carbocycles. The van der Waals surface area contributed by atoms with Crippen molar-refractivity contribution in [3.63, 3.8) is 0 Å². The quantitative estimate of drug-likeness (QED) is 0.667. The highest BCUT2D eigenvalue weighted by Crippen LogP contribution is 2.35. The Bertz CT molecular complexity index is 751. The van der Waals surface area contributed by atoms with Gasteiger partial charge in [-0.2, -0.15) is 0 Å². The third-order valence-corrected chi connectivity index (χ3v) is 4.14. The number of carbonyl (C=O) groups excluding carboxylic acids is 1. The fraction of sp³-hybridized carbons (Fsp3) is 0.158. The van der Waals surface area contributed by atoms with Crippen LogP contribution < -0.4 is 5.32 Å². The minimum absolute atomic E-state index is 0.0208. The average molecular weight is 325 g/mol. The number of nitrogens with zero attached hydrogens (tertiary/aromatic N) is 1. The molecule has 0 radical (unpaired) electrons. The maximum atomic E-state index is 12.7. The van der Waals surface area contributed by atoms with Crippen LogP contribution in [-0.4, -0.2) is 15.6 Å². The first-order chi connectivity index (χ1) is 11.1. The Labute approximate surface area is 140 Å². The van der Waals surface area contributed by atoms with Gasteiger partial charge in [0.1, 0.15) is 5.82 Å². The topological polar surface area (TPSA) is 42.0 Å². The number of carbonyl (C=O) groups is 1. The van der Waals surface area contributed by atoms with Crippen LogP contribution in [0.2, 0.25) is 0 Å². The minimum atomic E-state index is -0.793. The van der Waals surface area contributed by atoms with Crippen LogP contribution in [0.3, 0.4) is 0 Å². The molecule has 116 valence electrons. The first-order valence-electron chi connectivity index (χ1n) is 7.43. The molecule has 2 unspecified atom stereocenters. The normalized spacial score (nSPS) is 23.2. The van der Waals surface area contributed by atoms with E-state index in [4.69, 9.17) is 11.6 Å². The van der Waals surface area contributed by atoms with E-state index in [0.717, 1.165) is 11.5 Å². The molecule has 0 amide bonds. The van der Waals surface area contributed by atoms with E-state index in [0.29, 0.717) is 5.56 Å². The second-order valence-electron chi connectivity index (χ2n) is 5.66. The van der Waals surface area contributed by atoms with Crippen molar-refractivity contribution in [2.24, 2.45) is 5.92 Å². The number of pyridine rings is 1. The largest absolute Gasteiger partial charge is 0.340 e. The maximum Gasteiger partial charge on any atom is 0.171 e. The summed E-state index contributed by atoms with van der Waals surface area (Å²) in [7, 11) is 0. The summed E-state index contributed by atoms with van der Waals surface area (Å²) < 4.78 is 0. The summed E-state index contributed by atoms with van der Waals surface area (Å²) in [6.45, 7) is 1.85. The van der Waals surface area contributed by atoms with E-state index in [1.807, 2.05) is 73.7 Å². The van der Waals surface area contributed by atoms with Gasteiger partial charge in [-0.1, -0.05) is 42.5 Å². The number of Topliss-reactive ketones (excluding diaryl/α,β-unsaturated/α-hetero) is 1. The predicted octanol–water partition coefficient (Wildman–Crippen LogP) is 4.44. The average Bonchev–Trinajstić information content (AvgIpc) is 2.55. The summed E-state index contributed by atoms with van der Waals surface area (Å²) >= 11 is 6.63. The first kappa shape index (κ1) is 15.5.